The molecule has 2 heterocycles. The molecule has 0 unspecified atom stereocenters. The average Bonchev–Trinajstić information content (AvgIpc) is 2.88. The van der Waals surface area contributed by atoms with E-state index in [1.54, 1.807) is 18.4 Å². The summed E-state index contributed by atoms with van der Waals surface area (Å²) in [4.78, 5) is 6.66. The first kappa shape index (κ1) is 12.3. The topological polar surface area (TPSA) is 38.5 Å². The van der Waals surface area contributed by atoms with Gasteiger partial charge in [-0.25, -0.2) is 9.37 Å². The molecule has 0 N–H and O–H groups in total. The monoisotopic (exact) mass is 262 g/mol. The van der Waals surface area contributed by atoms with Gasteiger partial charge in [-0.3, -0.25) is 4.90 Å². The summed E-state index contributed by atoms with van der Waals surface area (Å²) in [7, 11) is 0. The standard InChI is InChI=1S/C14H15FN2O2/c15-12-3-1-2-11(8-12)14-16-13(10-19-14)9-17-4-6-18-7-5-17/h1-3,8,10H,4-7,9H2. The van der Waals surface area contributed by atoms with Gasteiger partial charge >= 0.3 is 0 Å². The van der Waals surface area contributed by atoms with Crippen molar-refractivity contribution in [3.63, 3.8) is 0 Å². The molecule has 1 aromatic heterocycles. The van der Waals surface area contributed by atoms with E-state index >= 15 is 0 Å². The summed E-state index contributed by atoms with van der Waals surface area (Å²) in [5, 5.41) is 0. The molecule has 1 fully saturated rings. The van der Waals surface area contributed by atoms with E-state index in [1.165, 1.54) is 12.1 Å². The Labute approximate surface area is 110 Å². The van der Waals surface area contributed by atoms with E-state index in [4.69, 9.17) is 9.15 Å². The molecule has 4 nitrogen and oxygen atoms in total. The van der Waals surface area contributed by atoms with Gasteiger partial charge in [-0.05, 0) is 18.2 Å². The first-order chi connectivity index (χ1) is 9.31. The van der Waals surface area contributed by atoms with Gasteiger partial charge in [-0.2, -0.15) is 0 Å². The molecule has 3 rings (SSSR count). The van der Waals surface area contributed by atoms with Gasteiger partial charge in [0.15, 0.2) is 0 Å². The Kier molecular flexibility index (Phi) is 3.57. The van der Waals surface area contributed by atoms with E-state index in [1.807, 2.05) is 0 Å². The molecule has 2 aromatic rings. The molecular weight excluding hydrogens is 247 g/mol. The predicted molar refractivity (Wildman–Crippen MR) is 68.0 cm³/mol. The number of halogens is 1. The molecule has 0 bridgehead atoms. The van der Waals surface area contributed by atoms with E-state index in [-0.39, 0.29) is 5.82 Å². The summed E-state index contributed by atoms with van der Waals surface area (Å²) < 4.78 is 23.9. The summed E-state index contributed by atoms with van der Waals surface area (Å²) in [6.45, 7) is 4.07. The van der Waals surface area contributed by atoms with Gasteiger partial charge in [0.05, 0.1) is 18.9 Å². The van der Waals surface area contributed by atoms with Gasteiger partial charge in [-0.1, -0.05) is 6.07 Å². The number of ether oxygens (including phenoxy) is 1. The minimum absolute atomic E-state index is 0.287. The van der Waals surface area contributed by atoms with Crippen molar-refractivity contribution in [1.29, 1.82) is 0 Å². The second kappa shape index (κ2) is 5.50. The fraction of sp³-hybridized carbons (Fsp3) is 0.357. The summed E-state index contributed by atoms with van der Waals surface area (Å²) in [5.41, 5.74) is 1.52. The molecular formula is C14H15FN2O2. The van der Waals surface area contributed by atoms with Gasteiger partial charge in [-0.15, -0.1) is 0 Å². The first-order valence-corrected chi connectivity index (χ1v) is 6.32. The van der Waals surface area contributed by atoms with E-state index < -0.39 is 0 Å². The Balaban J connectivity index is 1.72. The molecule has 0 spiro atoms. The maximum absolute atomic E-state index is 13.1. The van der Waals surface area contributed by atoms with Crippen molar-refractivity contribution >= 4 is 0 Å². The van der Waals surface area contributed by atoms with Crippen LogP contribution in [0.1, 0.15) is 5.69 Å². The Bertz CT molecular complexity index is 550. The van der Waals surface area contributed by atoms with Gasteiger partial charge in [0, 0.05) is 25.2 Å². The molecule has 19 heavy (non-hydrogen) atoms. The van der Waals surface area contributed by atoms with Gasteiger partial charge < -0.3 is 9.15 Å². The van der Waals surface area contributed by atoms with Crippen LogP contribution >= 0.6 is 0 Å². The lowest BCUT2D eigenvalue weighted by Gasteiger charge is -2.25. The Hall–Kier alpha value is -1.72. The number of morpholine rings is 1. The highest BCUT2D eigenvalue weighted by atomic mass is 19.1. The average molecular weight is 262 g/mol. The zero-order chi connectivity index (χ0) is 13.1. The molecule has 1 aliphatic rings. The molecule has 1 aromatic carbocycles. The maximum atomic E-state index is 13.1. The first-order valence-electron chi connectivity index (χ1n) is 6.32. The molecule has 0 atom stereocenters. The minimum Gasteiger partial charge on any atom is -0.444 e. The summed E-state index contributed by atoms with van der Waals surface area (Å²) in [6.07, 6.45) is 1.63. The molecule has 100 valence electrons. The van der Waals surface area contributed by atoms with Crippen molar-refractivity contribution < 1.29 is 13.5 Å². The number of aromatic nitrogens is 1. The number of rotatable bonds is 3. The van der Waals surface area contributed by atoms with Gasteiger partial charge in [0.1, 0.15) is 12.1 Å². The Morgan fingerprint density at radius 3 is 2.89 bits per heavy atom. The zero-order valence-electron chi connectivity index (χ0n) is 10.5. The summed E-state index contributed by atoms with van der Waals surface area (Å²) >= 11 is 0. The third kappa shape index (κ3) is 3.00. The van der Waals surface area contributed by atoms with Crippen molar-refractivity contribution in [2.45, 2.75) is 6.54 Å². The highest BCUT2D eigenvalue weighted by Crippen LogP contribution is 2.20. The second-order valence-corrected chi connectivity index (χ2v) is 4.54. The number of oxazole rings is 1. The molecule has 0 saturated carbocycles. The fourth-order valence-electron chi connectivity index (χ4n) is 2.12. The fourth-order valence-corrected chi connectivity index (χ4v) is 2.12. The number of hydrogen-bond donors (Lipinski definition) is 0. The smallest absolute Gasteiger partial charge is 0.226 e. The third-order valence-electron chi connectivity index (χ3n) is 3.11. The SMILES string of the molecule is Fc1cccc(-c2nc(CN3CCOCC3)co2)c1. The second-order valence-electron chi connectivity index (χ2n) is 4.54. The number of benzene rings is 1. The summed E-state index contributed by atoms with van der Waals surface area (Å²) in [6, 6.07) is 6.26. The highest BCUT2D eigenvalue weighted by Gasteiger charge is 2.14. The van der Waals surface area contributed by atoms with Crippen LogP contribution in [-0.2, 0) is 11.3 Å². The zero-order valence-corrected chi connectivity index (χ0v) is 10.5. The summed E-state index contributed by atoms with van der Waals surface area (Å²) in [5.74, 6) is 0.174. The molecule has 0 amide bonds. The lowest BCUT2D eigenvalue weighted by Crippen LogP contribution is -2.35. The number of nitrogens with zero attached hydrogens (tertiary/aromatic N) is 2. The van der Waals surface area contributed by atoms with E-state index in [0.717, 1.165) is 38.5 Å². The largest absolute Gasteiger partial charge is 0.444 e. The van der Waals surface area contributed by atoms with Crippen molar-refractivity contribution in [3.05, 3.63) is 42.0 Å². The van der Waals surface area contributed by atoms with Crippen molar-refractivity contribution in [2.75, 3.05) is 26.3 Å². The van der Waals surface area contributed by atoms with Crippen molar-refractivity contribution in [2.24, 2.45) is 0 Å². The normalized spacial score (nSPS) is 16.7. The van der Waals surface area contributed by atoms with E-state index in [0.29, 0.717) is 11.5 Å². The highest BCUT2D eigenvalue weighted by molar-refractivity contribution is 5.52. The Morgan fingerprint density at radius 2 is 2.11 bits per heavy atom. The van der Waals surface area contributed by atoms with Crippen LogP contribution in [0.15, 0.2) is 34.9 Å². The van der Waals surface area contributed by atoms with Crippen LogP contribution in [0.2, 0.25) is 0 Å². The maximum Gasteiger partial charge on any atom is 0.226 e. The van der Waals surface area contributed by atoms with Crippen LogP contribution in [0.5, 0.6) is 0 Å². The van der Waals surface area contributed by atoms with Crippen molar-refractivity contribution in [1.82, 2.24) is 9.88 Å². The van der Waals surface area contributed by atoms with Crippen LogP contribution in [0, 0.1) is 5.82 Å². The van der Waals surface area contributed by atoms with E-state index in [9.17, 15) is 4.39 Å². The van der Waals surface area contributed by atoms with Crippen LogP contribution in [0.25, 0.3) is 11.5 Å². The van der Waals surface area contributed by atoms with Crippen LogP contribution in [0.4, 0.5) is 4.39 Å². The molecule has 1 aliphatic heterocycles. The molecule has 5 heteroatoms. The van der Waals surface area contributed by atoms with Gasteiger partial charge in [0.2, 0.25) is 5.89 Å². The van der Waals surface area contributed by atoms with Crippen molar-refractivity contribution in [3.8, 4) is 11.5 Å². The van der Waals surface area contributed by atoms with E-state index in [2.05, 4.69) is 9.88 Å². The van der Waals surface area contributed by atoms with Crippen LogP contribution in [0.3, 0.4) is 0 Å². The van der Waals surface area contributed by atoms with Crippen LogP contribution < -0.4 is 0 Å². The minimum atomic E-state index is -0.287. The lowest BCUT2D eigenvalue weighted by molar-refractivity contribution is 0.0336. The van der Waals surface area contributed by atoms with Crippen LogP contribution in [-0.4, -0.2) is 36.2 Å². The predicted octanol–water partition coefficient (Wildman–Crippen LogP) is 2.31. The van der Waals surface area contributed by atoms with Gasteiger partial charge in [0.25, 0.3) is 0 Å². The Morgan fingerprint density at radius 1 is 1.26 bits per heavy atom. The number of hydrogen-bond acceptors (Lipinski definition) is 4. The third-order valence-corrected chi connectivity index (χ3v) is 3.11. The molecule has 0 aliphatic carbocycles. The molecule has 1 saturated heterocycles. The molecule has 0 radical (unpaired) electrons. The lowest BCUT2D eigenvalue weighted by atomic mass is 10.2. The quantitative estimate of drug-likeness (QED) is 0.851.